The van der Waals surface area contributed by atoms with Crippen LogP contribution in [-0.4, -0.2) is 24.3 Å². The lowest BCUT2D eigenvalue weighted by atomic mass is 10.1. The van der Waals surface area contributed by atoms with E-state index in [4.69, 9.17) is 12.2 Å². The molecule has 0 N–H and O–H groups in total. The molecule has 1 aliphatic heterocycles. The van der Waals surface area contributed by atoms with Crippen molar-refractivity contribution in [2.75, 3.05) is 0 Å². The van der Waals surface area contributed by atoms with E-state index in [1.807, 2.05) is 54.6 Å². The Hall–Kier alpha value is -2.64. The van der Waals surface area contributed by atoms with Gasteiger partial charge in [0, 0.05) is 14.1 Å². The topological polar surface area (TPSA) is 47.2 Å². The number of hydrogen-bond acceptors (Lipinski definition) is 4. The van der Waals surface area contributed by atoms with Gasteiger partial charge in [-0.3, -0.25) is 18.8 Å². The molecule has 2 heterocycles. The van der Waals surface area contributed by atoms with Gasteiger partial charge in [0.1, 0.15) is 4.32 Å². The number of amides is 1. The van der Waals surface area contributed by atoms with Crippen LogP contribution in [0.1, 0.15) is 11.1 Å². The molecular formula is C20H17N3O2S2. The van der Waals surface area contributed by atoms with Crippen LogP contribution in [0.2, 0.25) is 0 Å². The third-order valence-electron chi connectivity index (χ3n) is 4.65. The number of thioether (sulfide) groups is 1. The van der Waals surface area contributed by atoms with Crippen molar-refractivity contribution < 1.29 is 4.79 Å². The molecule has 3 aromatic rings. The molecule has 27 heavy (non-hydrogen) atoms. The van der Waals surface area contributed by atoms with Crippen molar-refractivity contribution in [2.45, 2.75) is 6.54 Å². The van der Waals surface area contributed by atoms with Gasteiger partial charge in [-0.15, -0.1) is 0 Å². The van der Waals surface area contributed by atoms with Gasteiger partial charge in [-0.05, 0) is 29.3 Å². The molecule has 0 bridgehead atoms. The molecule has 5 nitrogen and oxygen atoms in total. The molecule has 1 aliphatic rings. The average molecular weight is 396 g/mol. The number of carbonyl (C=O) groups excluding carboxylic acids is 1. The van der Waals surface area contributed by atoms with Crippen molar-refractivity contribution in [1.29, 1.82) is 0 Å². The van der Waals surface area contributed by atoms with Crippen LogP contribution in [0.3, 0.4) is 0 Å². The van der Waals surface area contributed by atoms with Gasteiger partial charge in [-0.2, -0.15) is 0 Å². The molecule has 1 amide bonds. The molecule has 0 spiro atoms. The van der Waals surface area contributed by atoms with E-state index in [9.17, 15) is 9.59 Å². The monoisotopic (exact) mass is 395 g/mol. The van der Waals surface area contributed by atoms with Crippen LogP contribution >= 0.6 is 24.0 Å². The first-order chi connectivity index (χ1) is 13.0. The maximum absolute atomic E-state index is 12.8. The van der Waals surface area contributed by atoms with E-state index >= 15 is 0 Å². The zero-order chi connectivity index (χ0) is 19.1. The van der Waals surface area contributed by atoms with Crippen molar-refractivity contribution >= 4 is 51.3 Å². The lowest BCUT2D eigenvalue weighted by molar-refractivity contribution is -0.122. The van der Waals surface area contributed by atoms with Gasteiger partial charge in [0.2, 0.25) is 0 Å². The summed E-state index contributed by atoms with van der Waals surface area (Å²) in [6.45, 7) is 0.467. The fraction of sp³-hybridized carbons (Fsp3) is 0.150. The van der Waals surface area contributed by atoms with E-state index in [1.165, 1.54) is 11.8 Å². The van der Waals surface area contributed by atoms with Crippen molar-refractivity contribution in [1.82, 2.24) is 14.0 Å². The first kappa shape index (κ1) is 17.8. The number of thiocarbonyl (C=S) groups is 1. The number of hydrogen-bond donors (Lipinski definition) is 0. The zero-order valence-electron chi connectivity index (χ0n) is 14.9. The minimum Gasteiger partial charge on any atom is -0.295 e. The predicted octanol–water partition coefficient (Wildman–Crippen LogP) is 3.28. The SMILES string of the molecule is Cn1c(=O)n(C)c2cc(/C=C3\SC(=S)N(Cc4ccccc4)C3=O)ccc21. The molecule has 1 fully saturated rings. The van der Waals surface area contributed by atoms with Crippen molar-refractivity contribution in [3.8, 4) is 0 Å². The summed E-state index contributed by atoms with van der Waals surface area (Å²) in [4.78, 5) is 27.1. The lowest BCUT2D eigenvalue weighted by Crippen LogP contribution is -2.27. The van der Waals surface area contributed by atoms with Crippen molar-refractivity contribution in [3.63, 3.8) is 0 Å². The zero-order valence-corrected chi connectivity index (χ0v) is 16.5. The molecule has 0 aliphatic carbocycles. The first-order valence-corrected chi connectivity index (χ1v) is 9.63. The predicted molar refractivity (Wildman–Crippen MR) is 113 cm³/mol. The summed E-state index contributed by atoms with van der Waals surface area (Å²) < 4.78 is 3.77. The first-order valence-electron chi connectivity index (χ1n) is 8.40. The van der Waals surface area contributed by atoms with E-state index in [0.717, 1.165) is 22.2 Å². The minimum atomic E-state index is -0.0871. The fourth-order valence-electron chi connectivity index (χ4n) is 3.17. The Morgan fingerprint density at radius 1 is 1.00 bits per heavy atom. The highest BCUT2D eigenvalue weighted by Crippen LogP contribution is 2.33. The number of aromatic nitrogens is 2. The van der Waals surface area contributed by atoms with Crippen LogP contribution in [0.15, 0.2) is 58.2 Å². The number of carbonyl (C=O) groups is 1. The highest BCUT2D eigenvalue weighted by atomic mass is 32.2. The molecule has 7 heteroatoms. The number of nitrogens with zero attached hydrogens (tertiary/aromatic N) is 3. The maximum Gasteiger partial charge on any atom is 0.328 e. The van der Waals surface area contributed by atoms with Crippen LogP contribution in [-0.2, 0) is 25.4 Å². The molecule has 1 aromatic heterocycles. The quantitative estimate of drug-likeness (QED) is 0.504. The molecule has 0 atom stereocenters. The Morgan fingerprint density at radius 3 is 2.44 bits per heavy atom. The Balaban J connectivity index is 1.65. The number of imidazole rings is 1. The molecular weight excluding hydrogens is 378 g/mol. The van der Waals surface area contributed by atoms with Crippen LogP contribution in [0.4, 0.5) is 0 Å². The molecule has 0 unspecified atom stereocenters. The second kappa shape index (κ2) is 6.83. The van der Waals surface area contributed by atoms with Gasteiger partial charge in [-0.1, -0.05) is 60.4 Å². The summed E-state index contributed by atoms with van der Waals surface area (Å²) in [5, 5.41) is 0. The highest BCUT2D eigenvalue weighted by molar-refractivity contribution is 8.26. The van der Waals surface area contributed by atoms with Gasteiger partial charge in [0.05, 0.1) is 22.5 Å². The normalized spacial score (nSPS) is 16.1. The van der Waals surface area contributed by atoms with Crippen molar-refractivity contribution in [2.24, 2.45) is 14.1 Å². The van der Waals surface area contributed by atoms with Crippen LogP contribution in [0.5, 0.6) is 0 Å². The number of rotatable bonds is 3. The number of aryl methyl sites for hydroxylation is 2. The summed E-state index contributed by atoms with van der Waals surface area (Å²) in [6.07, 6.45) is 1.83. The van der Waals surface area contributed by atoms with Crippen molar-refractivity contribution in [3.05, 3.63) is 75.0 Å². The van der Waals surface area contributed by atoms with Gasteiger partial charge in [0.15, 0.2) is 0 Å². The summed E-state index contributed by atoms with van der Waals surface area (Å²) in [7, 11) is 3.49. The van der Waals surface area contributed by atoms with Gasteiger partial charge in [0.25, 0.3) is 5.91 Å². The molecule has 2 aromatic carbocycles. The molecule has 4 rings (SSSR count). The molecule has 136 valence electrons. The summed E-state index contributed by atoms with van der Waals surface area (Å²) >= 11 is 6.72. The van der Waals surface area contributed by atoms with Crippen LogP contribution in [0, 0.1) is 0 Å². The van der Waals surface area contributed by atoms with Crippen LogP contribution < -0.4 is 5.69 Å². The smallest absolute Gasteiger partial charge is 0.295 e. The Bertz CT molecular complexity index is 1160. The standard InChI is InChI=1S/C20H17N3O2S2/c1-21-15-9-8-14(10-16(15)22(2)19(21)25)11-17-18(24)23(20(26)27-17)12-13-6-4-3-5-7-13/h3-11H,12H2,1-2H3/b17-11-. The van der Waals surface area contributed by atoms with E-state index in [2.05, 4.69) is 0 Å². The lowest BCUT2D eigenvalue weighted by Gasteiger charge is -2.14. The van der Waals surface area contributed by atoms with E-state index < -0.39 is 0 Å². The minimum absolute atomic E-state index is 0.0728. The fourth-order valence-corrected chi connectivity index (χ4v) is 4.42. The van der Waals surface area contributed by atoms with E-state index in [0.29, 0.717) is 15.8 Å². The number of fused-ring (bicyclic) bond motifs is 1. The Morgan fingerprint density at radius 2 is 1.70 bits per heavy atom. The third kappa shape index (κ3) is 3.13. The summed E-state index contributed by atoms with van der Waals surface area (Å²) in [5.41, 5.74) is 3.52. The largest absolute Gasteiger partial charge is 0.328 e. The molecule has 1 saturated heterocycles. The summed E-state index contributed by atoms with van der Waals surface area (Å²) in [6, 6.07) is 15.5. The van der Waals surface area contributed by atoms with Crippen LogP contribution in [0.25, 0.3) is 17.1 Å². The van der Waals surface area contributed by atoms with Gasteiger partial charge < -0.3 is 0 Å². The second-order valence-corrected chi connectivity index (χ2v) is 8.08. The maximum atomic E-state index is 12.8. The van der Waals surface area contributed by atoms with Gasteiger partial charge >= 0.3 is 5.69 Å². The Labute approximate surface area is 165 Å². The third-order valence-corrected chi connectivity index (χ3v) is 6.03. The molecule has 0 radical (unpaired) electrons. The van der Waals surface area contributed by atoms with E-state index in [-0.39, 0.29) is 11.6 Å². The number of benzene rings is 2. The molecule has 0 saturated carbocycles. The highest BCUT2D eigenvalue weighted by Gasteiger charge is 2.31. The van der Waals surface area contributed by atoms with Gasteiger partial charge in [-0.25, -0.2) is 4.79 Å². The average Bonchev–Trinajstić information content (AvgIpc) is 3.05. The Kier molecular flexibility index (Phi) is 4.49. The van der Waals surface area contributed by atoms with E-state index in [1.54, 1.807) is 28.1 Å². The second-order valence-electron chi connectivity index (χ2n) is 6.40. The summed E-state index contributed by atoms with van der Waals surface area (Å²) in [5.74, 6) is -0.0871.